The summed E-state index contributed by atoms with van der Waals surface area (Å²) in [5.41, 5.74) is -0.890. The average Bonchev–Trinajstić information content (AvgIpc) is 2.29. The van der Waals surface area contributed by atoms with Gasteiger partial charge in [-0.2, -0.15) is 0 Å². The lowest BCUT2D eigenvalue weighted by Crippen LogP contribution is -2.44. The van der Waals surface area contributed by atoms with Crippen LogP contribution in [0.15, 0.2) is 18.2 Å². The summed E-state index contributed by atoms with van der Waals surface area (Å²) in [6.07, 6.45) is 1.38. The number of hydrogen-bond donors (Lipinski definition) is 2. The Morgan fingerprint density at radius 2 is 2.31 bits per heavy atom. The predicted octanol–water partition coefficient (Wildman–Crippen LogP) is 1.41. The average molecular weight is 225 g/mol. The molecule has 0 bridgehead atoms. The van der Waals surface area contributed by atoms with Gasteiger partial charge in [0, 0.05) is 6.54 Å². The van der Waals surface area contributed by atoms with Crippen molar-refractivity contribution in [1.82, 2.24) is 5.32 Å². The summed E-state index contributed by atoms with van der Waals surface area (Å²) in [6.45, 7) is 1.23. The summed E-state index contributed by atoms with van der Waals surface area (Å²) in [4.78, 5) is 0. The van der Waals surface area contributed by atoms with Crippen LogP contribution in [-0.2, 0) is 5.60 Å². The molecule has 1 fully saturated rings. The Kier molecular flexibility index (Phi) is 3.12. The minimum absolute atomic E-state index is 0.268. The maximum atomic E-state index is 13.8. The Morgan fingerprint density at radius 1 is 1.50 bits per heavy atom. The molecule has 0 aliphatic carbocycles. The highest BCUT2D eigenvalue weighted by Crippen LogP contribution is 2.36. The molecule has 88 valence electrons. The van der Waals surface area contributed by atoms with Gasteiger partial charge in [0.1, 0.15) is 17.2 Å². The molecule has 3 nitrogen and oxygen atoms in total. The van der Waals surface area contributed by atoms with Crippen LogP contribution in [0.25, 0.3) is 0 Å². The summed E-state index contributed by atoms with van der Waals surface area (Å²) < 4.78 is 18.9. The van der Waals surface area contributed by atoms with Gasteiger partial charge >= 0.3 is 0 Å². The Labute approximate surface area is 94.2 Å². The molecule has 1 aliphatic heterocycles. The molecule has 1 aromatic rings. The first kappa shape index (κ1) is 11.4. The molecule has 0 radical (unpaired) electrons. The van der Waals surface area contributed by atoms with E-state index in [2.05, 4.69) is 5.32 Å². The molecule has 16 heavy (non-hydrogen) atoms. The molecule has 2 rings (SSSR count). The van der Waals surface area contributed by atoms with E-state index in [9.17, 15) is 9.50 Å². The van der Waals surface area contributed by atoms with Gasteiger partial charge in [-0.25, -0.2) is 4.39 Å². The summed E-state index contributed by atoms with van der Waals surface area (Å²) >= 11 is 0. The van der Waals surface area contributed by atoms with Crippen LogP contribution < -0.4 is 10.1 Å². The molecule has 1 saturated heterocycles. The largest absolute Gasteiger partial charge is 0.496 e. The van der Waals surface area contributed by atoms with Gasteiger partial charge in [0.2, 0.25) is 0 Å². The fourth-order valence-electron chi connectivity index (χ4n) is 2.23. The summed E-state index contributed by atoms with van der Waals surface area (Å²) in [5, 5.41) is 13.5. The van der Waals surface area contributed by atoms with Crippen LogP contribution in [0.4, 0.5) is 4.39 Å². The van der Waals surface area contributed by atoms with E-state index in [1.54, 1.807) is 12.1 Å². The second kappa shape index (κ2) is 4.39. The van der Waals surface area contributed by atoms with Gasteiger partial charge in [-0.15, -0.1) is 0 Å². The number of hydrogen-bond acceptors (Lipinski definition) is 3. The summed E-state index contributed by atoms with van der Waals surface area (Å²) in [5.74, 6) is -0.00301. The third-order valence-corrected chi connectivity index (χ3v) is 3.02. The Morgan fingerprint density at radius 3 is 2.94 bits per heavy atom. The molecular weight excluding hydrogens is 209 g/mol. The quantitative estimate of drug-likeness (QED) is 0.799. The van der Waals surface area contributed by atoms with Crippen LogP contribution in [-0.4, -0.2) is 25.3 Å². The Hall–Kier alpha value is -1.13. The van der Waals surface area contributed by atoms with Crippen molar-refractivity contribution in [3.63, 3.8) is 0 Å². The van der Waals surface area contributed by atoms with Gasteiger partial charge in [-0.1, -0.05) is 6.07 Å². The van der Waals surface area contributed by atoms with E-state index in [-0.39, 0.29) is 5.56 Å². The lowest BCUT2D eigenvalue weighted by atomic mass is 9.85. The molecule has 1 heterocycles. The zero-order valence-electron chi connectivity index (χ0n) is 9.29. The van der Waals surface area contributed by atoms with E-state index in [0.29, 0.717) is 18.7 Å². The molecule has 1 aromatic carbocycles. The SMILES string of the molecule is COc1cccc(F)c1C1(O)CCCNC1. The van der Waals surface area contributed by atoms with Crippen LogP contribution in [0.2, 0.25) is 0 Å². The van der Waals surface area contributed by atoms with Crippen molar-refractivity contribution in [2.24, 2.45) is 0 Å². The first-order valence-electron chi connectivity index (χ1n) is 5.43. The number of halogens is 1. The number of piperidine rings is 1. The lowest BCUT2D eigenvalue weighted by Gasteiger charge is -2.34. The van der Waals surface area contributed by atoms with Crippen molar-refractivity contribution in [3.05, 3.63) is 29.6 Å². The van der Waals surface area contributed by atoms with Gasteiger partial charge in [0.15, 0.2) is 0 Å². The fraction of sp³-hybridized carbons (Fsp3) is 0.500. The highest BCUT2D eigenvalue weighted by molar-refractivity contribution is 5.39. The molecule has 1 aliphatic rings. The highest BCUT2D eigenvalue weighted by atomic mass is 19.1. The molecule has 2 N–H and O–H groups in total. The maximum Gasteiger partial charge on any atom is 0.133 e. The van der Waals surface area contributed by atoms with Crippen molar-refractivity contribution in [3.8, 4) is 5.75 Å². The zero-order chi connectivity index (χ0) is 11.6. The lowest BCUT2D eigenvalue weighted by molar-refractivity contribution is 0.00694. The molecule has 0 saturated carbocycles. The second-order valence-electron chi connectivity index (χ2n) is 4.13. The van der Waals surface area contributed by atoms with Gasteiger partial charge in [0.05, 0.1) is 12.7 Å². The summed E-state index contributed by atoms with van der Waals surface area (Å²) in [7, 11) is 1.48. The van der Waals surface area contributed by atoms with Gasteiger partial charge < -0.3 is 15.2 Å². The minimum Gasteiger partial charge on any atom is -0.496 e. The van der Waals surface area contributed by atoms with Crippen LogP contribution in [0, 0.1) is 5.82 Å². The molecule has 1 unspecified atom stereocenters. The Balaban J connectivity index is 2.44. The first-order valence-corrected chi connectivity index (χ1v) is 5.43. The van der Waals surface area contributed by atoms with E-state index < -0.39 is 11.4 Å². The highest BCUT2D eigenvalue weighted by Gasteiger charge is 2.36. The third-order valence-electron chi connectivity index (χ3n) is 3.02. The maximum absolute atomic E-state index is 13.8. The standard InChI is InChI=1S/C12H16FNO2/c1-16-10-5-2-4-9(13)11(10)12(15)6-3-7-14-8-12/h2,4-5,14-15H,3,6-8H2,1H3. The van der Waals surface area contributed by atoms with Crippen molar-refractivity contribution in [1.29, 1.82) is 0 Å². The van der Waals surface area contributed by atoms with Crippen molar-refractivity contribution in [2.75, 3.05) is 20.2 Å². The van der Waals surface area contributed by atoms with E-state index in [0.717, 1.165) is 13.0 Å². The van der Waals surface area contributed by atoms with E-state index in [1.165, 1.54) is 13.2 Å². The van der Waals surface area contributed by atoms with Crippen molar-refractivity contribution >= 4 is 0 Å². The molecular formula is C12H16FNO2. The smallest absolute Gasteiger partial charge is 0.133 e. The predicted molar refractivity (Wildman–Crippen MR) is 59.0 cm³/mol. The molecule has 0 aromatic heterocycles. The number of rotatable bonds is 2. The topological polar surface area (TPSA) is 41.5 Å². The molecule has 1 atom stereocenters. The second-order valence-corrected chi connectivity index (χ2v) is 4.13. The van der Waals surface area contributed by atoms with Crippen LogP contribution in [0.1, 0.15) is 18.4 Å². The zero-order valence-corrected chi connectivity index (χ0v) is 9.29. The van der Waals surface area contributed by atoms with Crippen LogP contribution >= 0.6 is 0 Å². The monoisotopic (exact) mass is 225 g/mol. The number of β-amino-alcohol motifs (C(OH)–C–C–N with tert-alkyl or cyclic N) is 1. The van der Waals surface area contributed by atoms with Gasteiger partial charge in [0.25, 0.3) is 0 Å². The Bertz CT molecular complexity index is 375. The van der Waals surface area contributed by atoms with Gasteiger partial charge in [-0.05, 0) is 31.5 Å². The third kappa shape index (κ3) is 1.90. The minimum atomic E-state index is -1.16. The molecule has 0 spiro atoms. The number of ether oxygens (including phenoxy) is 1. The number of nitrogens with one attached hydrogen (secondary N) is 1. The summed E-state index contributed by atoms with van der Waals surface area (Å²) in [6, 6.07) is 4.60. The number of aliphatic hydroxyl groups is 1. The number of methoxy groups -OCH3 is 1. The van der Waals surface area contributed by atoms with Crippen LogP contribution in [0.3, 0.4) is 0 Å². The van der Waals surface area contributed by atoms with E-state index in [1.807, 2.05) is 0 Å². The van der Waals surface area contributed by atoms with E-state index >= 15 is 0 Å². The van der Waals surface area contributed by atoms with E-state index in [4.69, 9.17) is 4.74 Å². The molecule has 4 heteroatoms. The fourth-order valence-corrected chi connectivity index (χ4v) is 2.23. The van der Waals surface area contributed by atoms with Gasteiger partial charge in [-0.3, -0.25) is 0 Å². The first-order chi connectivity index (χ1) is 7.67. The van der Waals surface area contributed by atoms with Crippen molar-refractivity contribution in [2.45, 2.75) is 18.4 Å². The van der Waals surface area contributed by atoms with Crippen molar-refractivity contribution < 1.29 is 14.2 Å². The normalized spacial score (nSPS) is 25.4. The van der Waals surface area contributed by atoms with Crippen LogP contribution in [0.5, 0.6) is 5.75 Å². The number of benzene rings is 1. The molecule has 0 amide bonds.